The molecular formula is C33H37F3O3. The fourth-order valence-electron chi connectivity index (χ4n) is 4.80. The molecule has 0 radical (unpaired) electrons. The smallest absolute Gasteiger partial charge is 0.201 e. The summed E-state index contributed by atoms with van der Waals surface area (Å²) in [6.45, 7) is 7.05. The summed E-state index contributed by atoms with van der Waals surface area (Å²) in [4.78, 5) is 0. The molecule has 1 aliphatic heterocycles. The van der Waals surface area contributed by atoms with E-state index in [1.54, 1.807) is 36.4 Å². The monoisotopic (exact) mass is 538 g/mol. The quantitative estimate of drug-likeness (QED) is 0.160. The first kappa shape index (κ1) is 28.9. The third-order valence-corrected chi connectivity index (χ3v) is 7.14. The van der Waals surface area contributed by atoms with Crippen molar-refractivity contribution in [2.45, 2.75) is 64.1 Å². The van der Waals surface area contributed by atoms with Gasteiger partial charge in [-0.25, -0.2) is 8.78 Å². The molecule has 0 aliphatic carbocycles. The van der Waals surface area contributed by atoms with Gasteiger partial charge < -0.3 is 14.2 Å². The Labute approximate surface area is 229 Å². The molecule has 3 aromatic rings. The first-order valence-electron chi connectivity index (χ1n) is 13.9. The normalized spacial score (nSPS) is 17.2. The second kappa shape index (κ2) is 14.3. The van der Waals surface area contributed by atoms with Crippen molar-refractivity contribution in [2.75, 3.05) is 19.8 Å². The first-order chi connectivity index (χ1) is 19.0. The summed E-state index contributed by atoms with van der Waals surface area (Å²) in [5, 5.41) is 0. The van der Waals surface area contributed by atoms with Gasteiger partial charge in [-0.3, -0.25) is 0 Å². The minimum absolute atomic E-state index is 0.0625. The van der Waals surface area contributed by atoms with Crippen molar-refractivity contribution < 1.29 is 27.4 Å². The van der Waals surface area contributed by atoms with Gasteiger partial charge in [0.25, 0.3) is 0 Å². The fraction of sp³-hybridized carbons (Fsp3) is 0.394. The Morgan fingerprint density at radius 3 is 2.05 bits per heavy atom. The molecule has 3 aromatic carbocycles. The molecule has 208 valence electrons. The molecule has 4 rings (SSSR count). The molecule has 0 bridgehead atoms. The second-order valence-electron chi connectivity index (χ2n) is 9.99. The van der Waals surface area contributed by atoms with Crippen molar-refractivity contribution in [3.05, 3.63) is 90.3 Å². The van der Waals surface area contributed by atoms with Crippen LogP contribution >= 0.6 is 0 Å². The Kier molecular flexibility index (Phi) is 10.6. The van der Waals surface area contributed by atoms with Gasteiger partial charge in [0.05, 0.1) is 19.8 Å². The van der Waals surface area contributed by atoms with Crippen LogP contribution in [0.15, 0.2) is 67.3 Å². The predicted molar refractivity (Wildman–Crippen MR) is 149 cm³/mol. The van der Waals surface area contributed by atoms with Crippen LogP contribution in [0.5, 0.6) is 5.75 Å². The molecule has 1 fully saturated rings. The zero-order valence-corrected chi connectivity index (χ0v) is 22.6. The van der Waals surface area contributed by atoms with Gasteiger partial charge in [0.2, 0.25) is 5.82 Å². The molecule has 1 aliphatic rings. The molecule has 0 amide bonds. The number of hydrogen-bond acceptors (Lipinski definition) is 3. The van der Waals surface area contributed by atoms with Crippen molar-refractivity contribution in [1.82, 2.24) is 0 Å². The standard InChI is InChI=1S/C33H37F3O3/c1-3-5-6-7-8-9-10-19-37-30-18-17-28(32(35)33(30)36)24-13-11-23(12-14-24)27-16-15-25(20-29(27)34)26-21-38-31(4-2)39-22-26/h4,11-18,20,26,31H,2-3,5-10,19,21-22H2,1H3. The van der Waals surface area contributed by atoms with Gasteiger partial charge in [-0.05, 0) is 47.4 Å². The third-order valence-electron chi connectivity index (χ3n) is 7.14. The summed E-state index contributed by atoms with van der Waals surface area (Å²) in [7, 11) is 0. The van der Waals surface area contributed by atoms with Gasteiger partial charge in [0.1, 0.15) is 5.82 Å². The maximum atomic E-state index is 15.0. The van der Waals surface area contributed by atoms with E-state index in [-0.39, 0.29) is 23.0 Å². The molecule has 0 unspecified atom stereocenters. The van der Waals surface area contributed by atoms with Crippen LogP contribution in [0, 0.1) is 17.5 Å². The van der Waals surface area contributed by atoms with Crippen molar-refractivity contribution >= 4 is 0 Å². The summed E-state index contributed by atoms with van der Waals surface area (Å²) >= 11 is 0. The Bertz CT molecular complexity index is 1220. The Morgan fingerprint density at radius 1 is 0.795 bits per heavy atom. The lowest BCUT2D eigenvalue weighted by atomic mass is 9.95. The summed E-state index contributed by atoms with van der Waals surface area (Å²) in [5.41, 5.74) is 2.49. The van der Waals surface area contributed by atoms with Gasteiger partial charge in [0.15, 0.2) is 17.9 Å². The lowest BCUT2D eigenvalue weighted by Gasteiger charge is -2.28. The average molecular weight is 539 g/mol. The predicted octanol–water partition coefficient (Wildman–Crippen LogP) is 9.21. The highest BCUT2D eigenvalue weighted by molar-refractivity contribution is 5.71. The average Bonchev–Trinajstić information content (AvgIpc) is 2.97. The second-order valence-corrected chi connectivity index (χ2v) is 9.99. The Hall–Kier alpha value is -3.09. The van der Waals surface area contributed by atoms with Gasteiger partial charge in [-0.15, -0.1) is 0 Å². The van der Waals surface area contributed by atoms with Crippen LogP contribution in [0.1, 0.15) is 63.4 Å². The third kappa shape index (κ3) is 7.52. The number of hydrogen-bond donors (Lipinski definition) is 0. The molecule has 6 heteroatoms. The number of unbranched alkanes of at least 4 members (excludes halogenated alkanes) is 6. The van der Waals surface area contributed by atoms with Crippen molar-refractivity contribution in [2.24, 2.45) is 0 Å². The maximum Gasteiger partial charge on any atom is 0.201 e. The molecule has 0 saturated carbocycles. The van der Waals surface area contributed by atoms with E-state index in [0.29, 0.717) is 36.5 Å². The first-order valence-corrected chi connectivity index (χ1v) is 13.9. The minimum atomic E-state index is -0.990. The van der Waals surface area contributed by atoms with Crippen LogP contribution in [-0.2, 0) is 9.47 Å². The van der Waals surface area contributed by atoms with Crippen LogP contribution in [0.3, 0.4) is 0 Å². The molecular weight excluding hydrogens is 501 g/mol. The lowest BCUT2D eigenvalue weighted by molar-refractivity contribution is -0.159. The van der Waals surface area contributed by atoms with Crippen LogP contribution in [0.4, 0.5) is 13.2 Å². The van der Waals surface area contributed by atoms with Crippen molar-refractivity contribution in [3.8, 4) is 28.0 Å². The number of halogens is 3. The van der Waals surface area contributed by atoms with E-state index in [9.17, 15) is 8.78 Å². The molecule has 1 saturated heterocycles. The molecule has 1 heterocycles. The molecule has 0 atom stereocenters. The molecule has 0 spiro atoms. The molecule has 3 nitrogen and oxygen atoms in total. The van der Waals surface area contributed by atoms with E-state index in [2.05, 4.69) is 13.5 Å². The van der Waals surface area contributed by atoms with Gasteiger partial charge in [-0.1, -0.05) is 88.4 Å². The van der Waals surface area contributed by atoms with E-state index >= 15 is 4.39 Å². The largest absolute Gasteiger partial charge is 0.490 e. The van der Waals surface area contributed by atoms with E-state index in [1.807, 2.05) is 6.07 Å². The summed E-state index contributed by atoms with van der Waals surface area (Å²) < 4.78 is 61.3. The van der Waals surface area contributed by atoms with Gasteiger partial charge in [0, 0.05) is 17.0 Å². The summed E-state index contributed by atoms with van der Waals surface area (Å²) in [6, 6.07) is 14.8. The highest BCUT2D eigenvalue weighted by atomic mass is 19.2. The van der Waals surface area contributed by atoms with E-state index in [0.717, 1.165) is 24.8 Å². The Morgan fingerprint density at radius 2 is 1.41 bits per heavy atom. The van der Waals surface area contributed by atoms with E-state index in [1.165, 1.54) is 43.9 Å². The summed E-state index contributed by atoms with van der Waals surface area (Å²) in [6.07, 6.45) is 9.02. The van der Waals surface area contributed by atoms with Crippen LogP contribution in [0.25, 0.3) is 22.3 Å². The van der Waals surface area contributed by atoms with Gasteiger partial charge >= 0.3 is 0 Å². The van der Waals surface area contributed by atoms with Crippen molar-refractivity contribution in [3.63, 3.8) is 0 Å². The maximum absolute atomic E-state index is 15.0. The summed E-state index contributed by atoms with van der Waals surface area (Å²) in [5.74, 6) is -2.45. The molecule has 0 aromatic heterocycles. The zero-order chi connectivity index (χ0) is 27.6. The highest BCUT2D eigenvalue weighted by Gasteiger charge is 2.23. The van der Waals surface area contributed by atoms with E-state index < -0.39 is 17.9 Å². The number of rotatable bonds is 13. The fourth-order valence-corrected chi connectivity index (χ4v) is 4.80. The minimum Gasteiger partial charge on any atom is -0.490 e. The SMILES string of the molecule is C=CC1OCC(c2ccc(-c3ccc(-c4ccc(OCCCCCCCCC)c(F)c4F)cc3)c(F)c2)CO1. The number of ether oxygens (including phenoxy) is 3. The van der Waals surface area contributed by atoms with Crippen molar-refractivity contribution in [1.29, 1.82) is 0 Å². The van der Waals surface area contributed by atoms with E-state index in [4.69, 9.17) is 14.2 Å². The topological polar surface area (TPSA) is 27.7 Å². The van der Waals surface area contributed by atoms with Crippen LogP contribution in [-0.4, -0.2) is 26.1 Å². The van der Waals surface area contributed by atoms with Crippen LogP contribution in [0.2, 0.25) is 0 Å². The zero-order valence-electron chi connectivity index (χ0n) is 22.6. The highest BCUT2D eigenvalue weighted by Crippen LogP contribution is 2.33. The van der Waals surface area contributed by atoms with Crippen LogP contribution < -0.4 is 4.74 Å². The molecule has 0 N–H and O–H groups in total. The van der Waals surface area contributed by atoms with Gasteiger partial charge in [-0.2, -0.15) is 4.39 Å². The lowest BCUT2D eigenvalue weighted by Crippen LogP contribution is -2.29. The number of benzene rings is 3. The molecule has 39 heavy (non-hydrogen) atoms. The Balaban J connectivity index is 1.37.